The highest BCUT2D eigenvalue weighted by Gasteiger charge is 2.27. The van der Waals surface area contributed by atoms with Crippen molar-refractivity contribution in [3.63, 3.8) is 0 Å². The first-order chi connectivity index (χ1) is 15.8. The van der Waals surface area contributed by atoms with Gasteiger partial charge in [-0.05, 0) is 84.7 Å². The van der Waals surface area contributed by atoms with Crippen molar-refractivity contribution in [3.05, 3.63) is 94.0 Å². The van der Waals surface area contributed by atoms with Gasteiger partial charge in [0.05, 0.1) is 12.1 Å². The lowest BCUT2D eigenvalue weighted by molar-refractivity contribution is -0.123. The number of phenolic OH excluding ortho intramolecular Hbond substituents is 1. The Kier molecular flexibility index (Phi) is 6.70. The van der Waals surface area contributed by atoms with Gasteiger partial charge < -0.3 is 21.1 Å². The zero-order chi connectivity index (χ0) is 23.5. The standard InChI is InChI=1S/C28H33N3O2/c1-18-13-22(32)14-19(2)23(18)17-25(29)28(33)30-26-11-12-31(3)27-10-9-21(16-24(26)27)15-20-7-5-4-6-8-20/h4-10,13-14,16,25-26,32H,11-12,15,17,29H2,1-3H3,(H,30,33)/t25-,26-/m0/s1. The lowest BCUT2D eigenvalue weighted by atomic mass is 9.92. The molecule has 5 heteroatoms. The molecular formula is C28H33N3O2. The molecule has 4 N–H and O–H groups in total. The van der Waals surface area contributed by atoms with Crippen molar-refractivity contribution in [1.82, 2.24) is 5.32 Å². The van der Waals surface area contributed by atoms with E-state index in [4.69, 9.17) is 5.73 Å². The van der Waals surface area contributed by atoms with Gasteiger partial charge in [0.2, 0.25) is 5.91 Å². The molecule has 1 aliphatic heterocycles. The molecule has 1 heterocycles. The molecule has 2 atom stereocenters. The van der Waals surface area contributed by atoms with E-state index in [1.54, 1.807) is 12.1 Å². The molecule has 3 aromatic rings. The van der Waals surface area contributed by atoms with Crippen LogP contribution in [0.25, 0.3) is 0 Å². The van der Waals surface area contributed by atoms with Crippen LogP contribution in [0.1, 0.15) is 45.8 Å². The van der Waals surface area contributed by atoms with Gasteiger partial charge in [0.25, 0.3) is 0 Å². The Hall–Kier alpha value is -3.31. The molecule has 0 saturated carbocycles. The van der Waals surface area contributed by atoms with Gasteiger partial charge in [0, 0.05) is 19.3 Å². The molecule has 0 spiro atoms. The van der Waals surface area contributed by atoms with E-state index in [0.29, 0.717) is 6.42 Å². The summed E-state index contributed by atoms with van der Waals surface area (Å²) in [6.45, 7) is 4.75. The first-order valence-corrected chi connectivity index (χ1v) is 11.5. The van der Waals surface area contributed by atoms with Crippen molar-refractivity contribution in [1.29, 1.82) is 0 Å². The molecule has 172 valence electrons. The third kappa shape index (κ3) is 5.20. The SMILES string of the molecule is Cc1cc(O)cc(C)c1C[C@H](N)C(=O)N[C@H]1CCN(C)c2ccc(Cc3ccccc3)cc21. The van der Waals surface area contributed by atoms with Crippen LogP contribution in [0.3, 0.4) is 0 Å². The number of aromatic hydroxyl groups is 1. The number of phenols is 1. The van der Waals surface area contributed by atoms with Gasteiger partial charge in [0.15, 0.2) is 0 Å². The Bertz CT molecular complexity index is 1120. The van der Waals surface area contributed by atoms with Crippen molar-refractivity contribution in [3.8, 4) is 5.75 Å². The number of amides is 1. The van der Waals surface area contributed by atoms with E-state index < -0.39 is 6.04 Å². The lowest BCUT2D eigenvalue weighted by Gasteiger charge is -2.34. The zero-order valence-electron chi connectivity index (χ0n) is 19.6. The number of nitrogens with one attached hydrogen (secondary N) is 1. The van der Waals surface area contributed by atoms with E-state index in [0.717, 1.165) is 47.3 Å². The summed E-state index contributed by atoms with van der Waals surface area (Å²) in [6, 6.07) is 19.7. The quantitative estimate of drug-likeness (QED) is 0.534. The molecule has 1 amide bonds. The fourth-order valence-electron chi connectivity index (χ4n) is 4.80. The molecule has 4 rings (SSSR count). The van der Waals surface area contributed by atoms with Crippen molar-refractivity contribution >= 4 is 11.6 Å². The molecule has 0 saturated heterocycles. The first-order valence-electron chi connectivity index (χ1n) is 11.5. The van der Waals surface area contributed by atoms with Crippen LogP contribution in [0.15, 0.2) is 60.7 Å². The van der Waals surface area contributed by atoms with E-state index in [1.807, 2.05) is 19.9 Å². The third-order valence-electron chi connectivity index (χ3n) is 6.64. The zero-order valence-corrected chi connectivity index (χ0v) is 19.6. The minimum Gasteiger partial charge on any atom is -0.508 e. The predicted octanol–water partition coefficient (Wildman–Crippen LogP) is 4.17. The van der Waals surface area contributed by atoms with Gasteiger partial charge in [-0.25, -0.2) is 0 Å². The van der Waals surface area contributed by atoms with Crippen LogP contribution in [0.4, 0.5) is 5.69 Å². The maximum atomic E-state index is 13.1. The number of rotatable bonds is 6. The normalized spacial score (nSPS) is 16.2. The van der Waals surface area contributed by atoms with Crippen LogP contribution < -0.4 is 16.0 Å². The molecule has 0 fully saturated rings. The second kappa shape index (κ2) is 9.67. The minimum atomic E-state index is -0.650. The molecule has 33 heavy (non-hydrogen) atoms. The number of nitrogens with two attached hydrogens (primary N) is 1. The van der Waals surface area contributed by atoms with Gasteiger partial charge in [-0.15, -0.1) is 0 Å². The van der Waals surface area contributed by atoms with E-state index in [1.165, 1.54) is 11.1 Å². The van der Waals surface area contributed by atoms with E-state index in [9.17, 15) is 9.90 Å². The number of carbonyl (C=O) groups excluding carboxylic acids is 1. The lowest BCUT2D eigenvalue weighted by Crippen LogP contribution is -2.45. The van der Waals surface area contributed by atoms with Crippen molar-refractivity contribution in [2.24, 2.45) is 5.73 Å². The molecule has 0 bridgehead atoms. The van der Waals surface area contributed by atoms with Gasteiger partial charge in [-0.3, -0.25) is 4.79 Å². The van der Waals surface area contributed by atoms with E-state index >= 15 is 0 Å². The molecule has 5 nitrogen and oxygen atoms in total. The topological polar surface area (TPSA) is 78.6 Å². The minimum absolute atomic E-state index is 0.0625. The van der Waals surface area contributed by atoms with Crippen molar-refractivity contribution in [2.75, 3.05) is 18.5 Å². The maximum absolute atomic E-state index is 13.1. The molecule has 1 aliphatic rings. The maximum Gasteiger partial charge on any atom is 0.237 e. The fraction of sp³-hybridized carbons (Fsp3) is 0.321. The van der Waals surface area contributed by atoms with Gasteiger partial charge >= 0.3 is 0 Å². The highest BCUT2D eigenvalue weighted by Crippen LogP contribution is 2.34. The Morgan fingerprint density at radius 1 is 1.09 bits per heavy atom. The van der Waals surface area contributed by atoms with Crippen LogP contribution in [-0.4, -0.2) is 30.6 Å². The highest BCUT2D eigenvalue weighted by atomic mass is 16.3. The average molecular weight is 444 g/mol. The Balaban J connectivity index is 1.51. The van der Waals surface area contributed by atoms with Crippen LogP contribution in [-0.2, 0) is 17.6 Å². The third-order valence-corrected chi connectivity index (χ3v) is 6.64. The number of carbonyl (C=O) groups is 1. The number of fused-ring (bicyclic) bond motifs is 1. The number of nitrogens with zero attached hydrogens (tertiary/aromatic N) is 1. The van der Waals surface area contributed by atoms with E-state index in [2.05, 4.69) is 59.7 Å². The predicted molar refractivity (Wildman–Crippen MR) is 134 cm³/mol. The average Bonchev–Trinajstić information content (AvgIpc) is 2.78. The van der Waals surface area contributed by atoms with Crippen LogP contribution in [0.5, 0.6) is 5.75 Å². The first kappa shape index (κ1) is 22.9. The smallest absolute Gasteiger partial charge is 0.237 e. The Morgan fingerprint density at radius 2 is 1.79 bits per heavy atom. The van der Waals surface area contributed by atoms with Crippen molar-refractivity contribution < 1.29 is 9.90 Å². The summed E-state index contributed by atoms with van der Waals surface area (Å²) in [4.78, 5) is 15.3. The molecule has 0 aromatic heterocycles. The fourth-order valence-corrected chi connectivity index (χ4v) is 4.80. The van der Waals surface area contributed by atoms with Gasteiger partial charge in [-0.1, -0.05) is 42.5 Å². The molecule has 3 aromatic carbocycles. The van der Waals surface area contributed by atoms with Crippen LogP contribution >= 0.6 is 0 Å². The Morgan fingerprint density at radius 3 is 2.48 bits per heavy atom. The van der Waals surface area contributed by atoms with E-state index in [-0.39, 0.29) is 17.7 Å². The summed E-state index contributed by atoms with van der Waals surface area (Å²) in [5.41, 5.74) is 14.1. The summed E-state index contributed by atoms with van der Waals surface area (Å²) in [5.74, 6) is 0.0943. The summed E-state index contributed by atoms with van der Waals surface area (Å²) >= 11 is 0. The number of anilines is 1. The number of benzene rings is 3. The second-order valence-electron chi connectivity index (χ2n) is 9.20. The number of aryl methyl sites for hydroxylation is 2. The van der Waals surface area contributed by atoms with Gasteiger partial charge in [-0.2, -0.15) is 0 Å². The summed E-state index contributed by atoms with van der Waals surface area (Å²) in [6.07, 6.45) is 2.14. The summed E-state index contributed by atoms with van der Waals surface area (Å²) in [7, 11) is 2.09. The Labute approximate surface area is 196 Å². The van der Waals surface area contributed by atoms with Crippen molar-refractivity contribution in [2.45, 2.75) is 45.2 Å². The molecular weight excluding hydrogens is 410 g/mol. The van der Waals surface area contributed by atoms with Crippen LogP contribution in [0.2, 0.25) is 0 Å². The largest absolute Gasteiger partial charge is 0.508 e. The monoisotopic (exact) mass is 443 g/mol. The summed E-state index contributed by atoms with van der Waals surface area (Å²) < 4.78 is 0. The number of hydrogen-bond acceptors (Lipinski definition) is 4. The molecule has 0 radical (unpaired) electrons. The second-order valence-corrected chi connectivity index (χ2v) is 9.20. The van der Waals surface area contributed by atoms with Gasteiger partial charge in [0.1, 0.15) is 5.75 Å². The molecule has 0 aliphatic carbocycles. The number of hydrogen-bond donors (Lipinski definition) is 3. The van der Waals surface area contributed by atoms with Crippen LogP contribution in [0, 0.1) is 13.8 Å². The summed E-state index contributed by atoms with van der Waals surface area (Å²) in [5, 5.41) is 13.0. The highest BCUT2D eigenvalue weighted by molar-refractivity contribution is 5.83. The molecule has 0 unspecified atom stereocenters.